The molecular weight excluding hydrogens is 297 g/mol. The Hall–Kier alpha value is -2.83. The first-order valence-electron chi connectivity index (χ1n) is 6.28. The number of alkyl halides is 3. The van der Waals surface area contributed by atoms with Crippen LogP contribution in [0.1, 0.15) is 0 Å². The third kappa shape index (κ3) is 2.65. The van der Waals surface area contributed by atoms with Crippen molar-refractivity contribution >= 4 is 22.7 Å². The van der Waals surface area contributed by atoms with Crippen molar-refractivity contribution in [2.45, 2.75) is 6.18 Å². The van der Waals surface area contributed by atoms with Gasteiger partial charge >= 0.3 is 12.1 Å². The summed E-state index contributed by atoms with van der Waals surface area (Å²) in [5, 5.41) is 1.79. The molecule has 0 aliphatic rings. The van der Waals surface area contributed by atoms with Gasteiger partial charge in [0.15, 0.2) is 5.58 Å². The first-order valence-corrected chi connectivity index (χ1v) is 6.28. The number of aromatic nitrogens is 1. The molecule has 22 heavy (non-hydrogen) atoms. The lowest BCUT2D eigenvalue weighted by Crippen LogP contribution is -2.29. The van der Waals surface area contributed by atoms with Crippen LogP contribution < -0.4 is 5.32 Å². The summed E-state index contributed by atoms with van der Waals surface area (Å²) >= 11 is 0. The van der Waals surface area contributed by atoms with Gasteiger partial charge in [0, 0.05) is 5.56 Å². The van der Waals surface area contributed by atoms with Crippen LogP contribution in [0.15, 0.2) is 52.9 Å². The Morgan fingerprint density at radius 3 is 2.45 bits per heavy atom. The Balaban J connectivity index is 2.03. The SMILES string of the molecule is O=C(Nc1cccc2nc(-c3ccccc3)oc12)C(F)(F)F. The summed E-state index contributed by atoms with van der Waals surface area (Å²) < 4.78 is 42.5. The smallest absolute Gasteiger partial charge is 0.434 e. The fourth-order valence-electron chi connectivity index (χ4n) is 1.94. The monoisotopic (exact) mass is 306 g/mol. The molecule has 4 nitrogen and oxygen atoms in total. The van der Waals surface area contributed by atoms with E-state index in [4.69, 9.17) is 4.42 Å². The lowest BCUT2D eigenvalue weighted by molar-refractivity contribution is -0.167. The highest BCUT2D eigenvalue weighted by atomic mass is 19.4. The zero-order chi connectivity index (χ0) is 15.7. The average molecular weight is 306 g/mol. The Morgan fingerprint density at radius 2 is 1.77 bits per heavy atom. The molecule has 0 bridgehead atoms. The van der Waals surface area contributed by atoms with Crippen LogP contribution in [0.5, 0.6) is 0 Å². The van der Waals surface area contributed by atoms with Gasteiger partial charge in [0.25, 0.3) is 0 Å². The van der Waals surface area contributed by atoms with E-state index in [2.05, 4.69) is 4.98 Å². The summed E-state index contributed by atoms with van der Waals surface area (Å²) in [6.07, 6.45) is -4.97. The van der Waals surface area contributed by atoms with Crippen molar-refractivity contribution in [3.63, 3.8) is 0 Å². The van der Waals surface area contributed by atoms with Gasteiger partial charge in [-0.05, 0) is 24.3 Å². The Bertz CT molecular complexity index is 826. The number of amides is 1. The second-order valence-electron chi connectivity index (χ2n) is 4.49. The third-order valence-electron chi connectivity index (χ3n) is 2.94. The van der Waals surface area contributed by atoms with E-state index in [-0.39, 0.29) is 17.2 Å². The molecule has 0 spiro atoms. The number of nitrogens with zero attached hydrogens (tertiary/aromatic N) is 1. The summed E-state index contributed by atoms with van der Waals surface area (Å²) in [6.45, 7) is 0. The van der Waals surface area contributed by atoms with Gasteiger partial charge in [-0.15, -0.1) is 0 Å². The average Bonchev–Trinajstić information content (AvgIpc) is 2.92. The van der Waals surface area contributed by atoms with Gasteiger partial charge in [-0.25, -0.2) is 4.98 Å². The zero-order valence-corrected chi connectivity index (χ0v) is 11.0. The number of hydrogen-bond donors (Lipinski definition) is 1. The van der Waals surface area contributed by atoms with Crippen molar-refractivity contribution in [3.8, 4) is 11.5 Å². The largest absolute Gasteiger partial charge is 0.471 e. The number of fused-ring (bicyclic) bond motifs is 1. The summed E-state index contributed by atoms with van der Waals surface area (Å²) in [5.41, 5.74) is 1.07. The van der Waals surface area contributed by atoms with Crippen LogP contribution in [0.4, 0.5) is 18.9 Å². The van der Waals surface area contributed by atoms with Crippen molar-refractivity contribution in [1.29, 1.82) is 0 Å². The Labute approximate surface area is 122 Å². The van der Waals surface area contributed by atoms with Crippen LogP contribution in [-0.2, 0) is 4.79 Å². The van der Waals surface area contributed by atoms with Crippen LogP contribution in [-0.4, -0.2) is 17.1 Å². The molecule has 3 rings (SSSR count). The Kier molecular flexibility index (Phi) is 3.32. The maximum Gasteiger partial charge on any atom is 0.471 e. The standard InChI is InChI=1S/C15H9F3N2O2/c16-15(17,18)14(21)20-11-8-4-7-10-12(11)22-13(19-10)9-5-2-1-3-6-9/h1-8H,(H,20,21). The lowest BCUT2D eigenvalue weighted by Gasteiger charge is -2.07. The molecule has 7 heteroatoms. The van der Waals surface area contributed by atoms with Gasteiger partial charge in [0.1, 0.15) is 5.52 Å². The van der Waals surface area contributed by atoms with Crippen molar-refractivity contribution in [3.05, 3.63) is 48.5 Å². The van der Waals surface area contributed by atoms with Gasteiger partial charge in [0.05, 0.1) is 5.69 Å². The first-order chi connectivity index (χ1) is 10.4. The van der Waals surface area contributed by atoms with E-state index in [0.717, 1.165) is 0 Å². The van der Waals surface area contributed by atoms with E-state index >= 15 is 0 Å². The molecule has 112 valence electrons. The molecule has 1 N–H and O–H groups in total. The molecule has 0 aliphatic heterocycles. The number of benzene rings is 2. The minimum absolute atomic E-state index is 0.0745. The lowest BCUT2D eigenvalue weighted by atomic mass is 10.2. The Morgan fingerprint density at radius 1 is 1.05 bits per heavy atom. The van der Waals surface area contributed by atoms with Gasteiger partial charge < -0.3 is 9.73 Å². The molecule has 0 saturated carbocycles. The van der Waals surface area contributed by atoms with E-state index in [1.807, 2.05) is 6.07 Å². The fourth-order valence-corrected chi connectivity index (χ4v) is 1.94. The molecule has 2 aromatic carbocycles. The summed E-state index contributed by atoms with van der Waals surface area (Å²) in [6, 6.07) is 13.3. The van der Waals surface area contributed by atoms with Crippen LogP contribution >= 0.6 is 0 Å². The number of hydrogen-bond acceptors (Lipinski definition) is 3. The summed E-state index contributed by atoms with van der Waals surface area (Å²) in [7, 11) is 0. The minimum atomic E-state index is -4.97. The molecule has 0 unspecified atom stereocenters. The number of carbonyl (C=O) groups is 1. The van der Waals surface area contributed by atoms with Crippen LogP contribution in [0, 0.1) is 0 Å². The number of nitrogens with one attached hydrogen (secondary N) is 1. The molecule has 0 atom stereocenters. The van der Waals surface area contributed by atoms with Crippen molar-refractivity contribution in [2.24, 2.45) is 0 Å². The molecule has 1 aromatic heterocycles. The van der Waals surface area contributed by atoms with E-state index in [9.17, 15) is 18.0 Å². The van der Waals surface area contributed by atoms with Gasteiger partial charge in [0.2, 0.25) is 5.89 Å². The van der Waals surface area contributed by atoms with Crippen molar-refractivity contribution < 1.29 is 22.4 Å². The van der Waals surface area contributed by atoms with Gasteiger partial charge in [-0.1, -0.05) is 24.3 Å². The van der Waals surface area contributed by atoms with Crippen LogP contribution in [0.25, 0.3) is 22.6 Å². The van der Waals surface area contributed by atoms with E-state index in [1.54, 1.807) is 35.6 Å². The van der Waals surface area contributed by atoms with E-state index in [0.29, 0.717) is 11.1 Å². The number of halogens is 3. The molecular formula is C15H9F3N2O2. The zero-order valence-electron chi connectivity index (χ0n) is 11.0. The molecule has 0 aliphatic carbocycles. The van der Waals surface area contributed by atoms with Crippen molar-refractivity contribution in [1.82, 2.24) is 4.98 Å². The normalized spacial score (nSPS) is 11.6. The van der Waals surface area contributed by atoms with Gasteiger partial charge in [-0.2, -0.15) is 13.2 Å². The van der Waals surface area contributed by atoms with Crippen LogP contribution in [0.2, 0.25) is 0 Å². The van der Waals surface area contributed by atoms with E-state index < -0.39 is 12.1 Å². The highest BCUT2D eigenvalue weighted by molar-refractivity contribution is 6.01. The minimum Gasteiger partial charge on any atom is -0.434 e. The quantitative estimate of drug-likeness (QED) is 0.778. The highest BCUT2D eigenvalue weighted by Gasteiger charge is 2.39. The number of para-hydroxylation sites is 1. The highest BCUT2D eigenvalue weighted by Crippen LogP contribution is 2.30. The molecule has 1 amide bonds. The molecule has 3 aromatic rings. The van der Waals surface area contributed by atoms with Gasteiger partial charge in [-0.3, -0.25) is 4.79 Å². The summed E-state index contributed by atoms with van der Waals surface area (Å²) in [5.74, 6) is -1.79. The number of oxazole rings is 1. The predicted octanol–water partition coefficient (Wildman–Crippen LogP) is 4.00. The fraction of sp³-hybridized carbons (Fsp3) is 0.0667. The second kappa shape index (κ2) is 5.18. The molecule has 0 fully saturated rings. The van der Waals surface area contributed by atoms with Crippen molar-refractivity contribution in [2.75, 3.05) is 5.32 Å². The molecule has 0 radical (unpaired) electrons. The molecule has 1 heterocycles. The van der Waals surface area contributed by atoms with E-state index in [1.165, 1.54) is 12.1 Å². The maximum absolute atomic E-state index is 12.3. The summed E-state index contributed by atoms with van der Waals surface area (Å²) in [4.78, 5) is 15.3. The number of carbonyl (C=O) groups excluding carboxylic acids is 1. The second-order valence-corrected chi connectivity index (χ2v) is 4.49. The molecule has 0 saturated heterocycles. The maximum atomic E-state index is 12.3. The topological polar surface area (TPSA) is 55.1 Å². The predicted molar refractivity (Wildman–Crippen MR) is 74.1 cm³/mol. The number of anilines is 1. The third-order valence-corrected chi connectivity index (χ3v) is 2.94. The number of rotatable bonds is 2. The van der Waals surface area contributed by atoms with Crippen LogP contribution in [0.3, 0.4) is 0 Å². The first kappa shape index (κ1) is 14.1.